The summed E-state index contributed by atoms with van der Waals surface area (Å²) in [5.41, 5.74) is 4.92. The molecule has 9 nitrogen and oxygen atoms in total. The topological polar surface area (TPSA) is 126 Å². The van der Waals surface area contributed by atoms with Crippen LogP contribution >= 0.6 is 0 Å². The van der Waals surface area contributed by atoms with Crippen molar-refractivity contribution >= 4 is 11.8 Å². The number of carbonyl (C=O) groups is 1. The molecule has 0 saturated carbocycles. The fourth-order valence-electron chi connectivity index (χ4n) is 1.82. The van der Waals surface area contributed by atoms with Crippen molar-refractivity contribution in [2.24, 2.45) is 5.73 Å². The highest BCUT2D eigenvalue weighted by Crippen LogP contribution is 2.31. The molecule has 9 heteroatoms. The molecule has 0 aliphatic heterocycles. The Kier molecular flexibility index (Phi) is 4.33. The van der Waals surface area contributed by atoms with E-state index in [1.165, 1.54) is 24.5 Å². The summed E-state index contributed by atoms with van der Waals surface area (Å²) in [6.45, 7) is 0.478. The van der Waals surface area contributed by atoms with Crippen LogP contribution in [-0.4, -0.2) is 25.8 Å². The summed E-state index contributed by atoms with van der Waals surface area (Å²) in [5, 5.41) is 18.8. The number of hydrogen-bond donors (Lipinski definition) is 1. The summed E-state index contributed by atoms with van der Waals surface area (Å²) < 4.78 is 6.28. The highest BCUT2D eigenvalue weighted by Gasteiger charge is 2.20. The van der Waals surface area contributed by atoms with Crippen molar-refractivity contribution < 1.29 is 14.5 Å². The van der Waals surface area contributed by atoms with Crippen molar-refractivity contribution in [3.05, 3.63) is 34.6 Å². The number of carbonyl (C=O) groups excluding carboxylic acids is 1. The lowest BCUT2D eigenvalue weighted by Gasteiger charge is -2.06. The summed E-state index contributed by atoms with van der Waals surface area (Å²) in [4.78, 5) is 21.2. The third-order valence-electron chi connectivity index (χ3n) is 2.74. The number of rotatable bonds is 5. The van der Waals surface area contributed by atoms with Crippen LogP contribution in [0.4, 0.5) is 10.5 Å². The Labute approximate surface area is 124 Å². The molecule has 0 spiro atoms. The van der Waals surface area contributed by atoms with Crippen molar-refractivity contribution in [2.75, 3.05) is 0 Å². The molecule has 0 unspecified atom stereocenters. The van der Waals surface area contributed by atoms with E-state index in [1.54, 1.807) is 4.57 Å². The molecule has 1 amide bonds. The van der Waals surface area contributed by atoms with Gasteiger partial charge >= 0.3 is 11.8 Å². The quantitative estimate of drug-likeness (QED) is 0.504. The Hall–Kier alpha value is -3.41. The van der Waals surface area contributed by atoms with Crippen LogP contribution in [0.5, 0.6) is 5.75 Å². The highest BCUT2D eigenvalue weighted by atomic mass is 16.6. The van der Waals surface area contributed by atoms with Crippen LogP contribution in [0.25, 0.3) is 11.4 Å². The molecule has 22 heavy (non-hydrogen) atoms. The van der Waals surface area contributed by atoms with Crippen molar-refractivity contribution in [1.29, 1.82) is 0 Å². The van der Waals surface area contributed by atoms with Gasteiger partial charge in [0, 0.05) is 24.6 Å². The van der Waals surface area contributed by atoms with Gasteiger partial charge < -0.3 is 15.0 Å². The Morgan fingerprint density at radius 3 is 2.95 bits per heavy atom. The number of hydrogen-bond acceptors (Lipinski definition) is 6. The first-order chi connectivity index (χ1) is 10.5. The Morgan fingerprint density at radius 2 is 2.32 bits per heavy atom. The summed E-state index contributed by atoms with van der Waals surface area (Å²) in [6.07, 6.45) is 6.03. The zero-order valence-electron chi connectivity index (χ0n) is 11.3. The maximum absolute atomic E-state index is 11.1. The van der Waals surface area contributed by atoms with Crippen molar-refractivity contribution in [2.45, 2.75) is 13.0 Å². The lowest BCUT2D eigenvalue weighted by Crippen LogP contribution is -2.17. The van der Waals surface area contributed by atoms with E-state index >= 15 is 0 Å². The van der Waals surface area contributed by atoms with Gasteiger partial charge in [0.15, 0.2) is 5.82 Å². The molecule has 2 N–H and O–H groups in total. The van der Waals surface area contributed by atoms with Gasteiger partial charge in [-0.3, -0.25) is 10.1 Å². The number of amides is 1. The lowest BCUT2D eigenvalue weighted by molar-refractivity contribution is -0.385. The largest absolute Gasteiger partial charge is 0.410 e. The molecule has 0 aliphatic rings. The number of terminal acetylenes is 1. The predicted molar refractivity (Wildman–Crippen MR) is 75.8 cm³/mol. The van der Waals surface area contributed by atoms with Crippen LogP contribution in [0.15, 0.2) is 24.5 Å². The summed E-state index contributed by atoms with van der Waals surface area (Å²) in [6, 6.07) is 4.02. The van der Waals surface area contributed by atoms with E-state index in [9.17, 15) is 14.9 Å². The van der Waals surface area contributed by atoms with E-state index < -0.39 is 16.7 Å². The molecule has 0 radical (unpaired) electrons. The zero-order chi connectivity index (χ0) is 16.1. The summed E-state index contributed by atoms with van der Waals surface area (Å²) in [7, 11) is 0. The summed E-state index contributed by atoms with van der Waals surface area (Å²) >= 11 is 0. The van der Waals surface area contributed by atoms with E-state index in [0.29, 0.717) is 24.4 Å². The van der Waals surface area contributed by atoms with E-state index in [4.69, 9.17) is 12.2 Å². The molecule has 112 valence electrons. The van der Waals surface area contributed by atoms with Gasteiger partial charge in [0.05, 0.1) is 4.92 Å². The minimum Gasteiger partial charge on any atom is -0.403 e. The number of primary amides is 1. The first kappa shape index (κ1) is 15.0. The predicted octanol–water partition coefficient (Wildman–Crippen LogP) is 1.33. The van der Waals surface area contributed by atoms with Crippen LogP contribution in [0.3, 0.4) is 0 Å². The molecular formula is C13H11N5O4. The Morgan fingerprint density at radius 1 is 1.55 bits per heavy atom. The molecule has 1 heterocycles. The van der Waals surface area contributed by atoms with Gasteiger partial charge in [0.2, 0.25) is 5.75 Å². The molecule has 0 atom stereocenters. The van der Waals surface area contributed by atoms with Gasteiger partial charge in [-0.15, -0.1) is 22.5 Å². The highest BCUT2D eigenvalue weighted by molar-refractivity contribution is 5.72. The number of nitrogens with zero attached hydrogens (tertiary/aromatic N) is 4. The van der Waals surface area contributed by atoms with Gasteiger partial charge in [0.25, 0.3) is 0 Å². The fraction of sp³-hybridized carbons (Fsp3) is 0.154. The van der Waals surface area contributed by atoms with Crippen LogP contribution < -0.4 is 10.5 Å². The normalized spacial score (nSPS) is 9.95. The van der Waals surface area contributed by atoms with Gasteiger partial charge in [-0.05, 0) is 12.1 Å². The van der Waals surface area contributed by atoms with E-state index in [1.807, 2.05) is 0 Å². The molecular weight excluding hydrogens is 290 g/mol. The van der Waals surface area contributed by atoms with Gasteiger partial charge in [-0.25, -0.2) is 4.79 Å². The molecule has 2 rings (SSSR count). The lowest BCUT2D eigenvalue weighted by atomic mass is 10.1. The number of ether oxygens (including phenoxy) is 1. The second kappa shape index (κ2) is 6.36. The molecule has 0 bridgehead atoms. The third kappa shape index (κ3) is 3.18. The van der Waals surface area contributed by atoms with Crippen molar-refractivity contribution in [3.63, 3.8) is 0 Å². The number of nitro benzene ring substituents is 1. The second-order valence-electron chi connectivity index (χ2n) is 4.16. The smallest absolute Gasteiger partial charge is 0.403 e. The molecule has 1 aromatic carbocycles. The minimum absolute atomic E-state index is 0.240. The van der Waals surface area contributed by atoms with Gasteiger partial charge in [-0.1, -0.05) is 0 Å². The van der Waals surface area contributed by atoms with E-state index in [2.05, 4.69) is 20.9 Å². The SMILES string of the molecule is C#CCCn1cnnc1-c1ccc(OC(N)=O)c([N+](=O)[O-])c1. The maximum Gasteiger partial charge on any atom is 0.410 e. The average Bonchev–Trinajstić information content (AvgIpc) is 2.93. The van der Waals surface area contributed by atoms with Crippen LogP contribution in [0, 0.1) is 22.5 Å². The standard InChI is InChI=1S/C13H11N5O4/c1-2-3-6-17-8-15-16-12(17)9-4-5-11(22-13(14)19)10(7-9)18(20)21/h1,4-5,7-8H,3,6H2,(H2,14,19). The first-order valence-corrected chi connectivity index (χ1v) is 6.10. The van der Waals surface area contributed by atoms with E-state index in [0.717, 1.165) is 0 Å². The van der Waals surface area contributed by atoms with E-state index in [-0.39, 0.29) is 5.75 Å². The Balaban J connectivity index is 2.43. The van der Waals surface area contributed by atoms with Crippen molar-refractivity contribution in [1.82, 2.24) is 14.8 Å². The third-order valence-corrected chi connectivity index (χ3v) is 2.74. The monoisotopic (exact) mass is 301 g/mol. The minimum atomic E-state index is -1.13. The van der Waals surface area contributed by atoms with Crippen molar-refractivity contribution in [3.8, 4) is 29.5 Å². The molecule has 0 saturated heterocycles. The van der Waals surface area contributed by atoms with Gasteiger partial charge in [-0.2, -0.15) is 0 Å². The maximum atomic E-state index is 11.1. The van der Waals surface area contributed by atoms with Crippen LogP contribution in [-0.2, 0) is 6.54 Å². The first-order valence-electron chi connectivity index (χ1n) is 6.10. The number of aromatic nitrogens is 3. The molecule has 0 fully saturated rings. The second-order valence-corrected chi connectivity index (χ2v) is 4.16. The van der Waals surface area contributed by atoms with Gasteiger partial charge in [0.1, 0.15) is 6.33 Å². The van der Waals surface area contributed by atoms with Crippen LogP contribution in [0.2, 0.25) is 0 Å². The summed E-state index contributed by atoms with van der Waals surface area (Å²) in [5.74, 6) is 2.67. The molecule has 0 aliphatic carbocycles. The zero-order valence-corrected chi connectivity index (χ0v) is 11.3. The number of benzene rings is 1. The number of aryl methyl sites for hydroxylation is 1. The Bertz CT molecular complexity index is 762. The average molecular weight is 301 g/mol. The molecule has 1 aromatic heterocycles. The molecule has 2 aromatic rings. The van der Waals surface area contributed by atoms with Crippen LogP contribution in [0.1, 0.15) is 6.42 Å². The fourth-order valence-corrected chi connectivity index (χ4v) is 1.82. The number of nitrogens with two attached hydrogens (primary N) is 1. The number of nitro groups is 1.